The van der Waals surface area contributed by atoms with E-state index in [-0.39, 0.29) is 11.5 Å². The van der Waals surface area contributed by atoms with Crippen molar-refractivity contribution in [2.75, 3.05) is 7.11 Å². The molecular formula is C13H18O2. The Morgan fingerprint density at radius 2 is 2.13 bits per heavy atom. The Bertz CT molecular complexity index is 369. The van der Waals surface area contributed by atoms with Crippen molar-refractivity contribution in [2.45, 2.75) is 38.2 Å². The largest absolute Gasteiger partial charge is 0.497 e. The van der Waals surface area contributed by atoms with Gasteiger partial charge in [-0.3, -0.25) is 0 Å². The van der Waals surface area contributed by atoms with Crippen LogP contribution in [0.15, 0.2) is 18.2 Å². The van der Waals surface area contributed by atoms with Gasteiger partial charge in [0.2, 0.25) is 0 Å². The lowest BCUT2D eigenvalue weighted by Gasteiger charge is -2.37. The zero-order chi connectivity index (χ0) is 11.1. The molecule has 0 radical (unpaired) electrons. The molecule has 2 rings (SSSR count). The molecule has 0 aromatic heterocycles. The number of ether oxygens (including phenoxy) is 1. The van der Waals surface area contributed by atoms with Crippen LogP contribution in [0.25, 0.3) is 0 Å². The number of rotatable bonds is 1. The van der Waals surface area contributed by atoms with Crippen molar-refractivity contribution in [3.05, 3.63) is 29.3 Å². The van der Waals surface area contributed by atoms with Crippen LogP contribution in [0, 0.1) is 0 Å². The molecule has 0 amide bonds. The van der Waals surface area contributed by atoms with Gasteiger partial charge in [0, 0.05) is 5.41 Å². The molecule has 2 heteroatoms. The molecule has 82 valence electrons. The highest BCUT2D eigenvalue weighted by molar-refractivity contribution is 5.42. The molecule has 1 atom stereocenters. The number of aryl methyl sites for hydroxylation is 1. The highest BCUT2D eigenvalue weighted by Crippen LogP contribution is 2.38. The normalized spacial score (nSPS) is 23.3. The Hall–Kier alpha value is -1.02. The average molecular weight is 206 g/mol. The molecule has 0 spiro atoms. The van der Waals surface area contributed by atoms with Crippen molar-refractivity contribution in [2.24, 2.45) is 0 Å². The Morgan fingerprint density at radius 1 is 1.40 bits per heavy atom. The van der Waals surface area contributed by atoms with Crippen molar-refractivity contribution in [3.63, 3.8) is 0 Å². The summed E-state index contributed by atoms with van der Waals surface area (Å²) < 4.78 is 5.23. The highest BCUT2D eigenvalue weighted by atomic mass is 16.5. The SMILES string of the molecule is COc1ccc2c(c1)C(C)(C)C(O)CC2. The number of hydrogen-bond donors (Lipinski definition) is 1. The molecule has 1 aliphatic rings. The molecular weight excluding hydrogens is 188 g/mol. The van der Waals surface area contributed by atoms with Crippen LogP contribution < -0.4 is 4.74 Å². The fraction of sp³-hybridized carbons (Fsp3) is 0.538. The number of methoxy groups -OCH3 is 1. The van der Waals surface area contributed by atoms with Crippen molar-refractivity contribution >= 4 is 0 Å². The van der Waals surface area contributed by atoms with E-state index in [0.717, 1.165) is 18.6 Å². The minimum absolute atomic E-state index is 0.165. The molecule has 0 bridgehead atoms. The van der Waals surface area contributed by atoms with E-state index in [2.05, 4.69) is 26.0 Å². The lowest BCUT2D eigenvalue weighted by atomic mass is 9.71. The standard InChI is InChI=1S/C13H18O2/c1-13(2)11-8-10(15-3)6-4-9(11)5-7-12(13)14/h4,6,8,12,14H,5,7H2,1-3H3. The Morgan fingerprint density at radius 3 is 2.80 bits per heavy atom. The molecule has 1 aromatic carbocycles. The average Bonchev–Trinajstić information content (AvgIpc) is 2.24. The molecule has 1 N–H and O–H groups in total. The van der Waals surface area contributed by atoms with E-state index < -0.39 is 0 Å². The number of fused-ring (bicyclic) bond motifs is 1. The first-order valence-electron chi connectivity index (χ1n) is 5.41. The topological polar surface area (TPSA) is 29.5 Å². The number of aliphatic hydroxyl groups is 1. The van der Waals surface area contributed by atoms with Crippen molar-refractivity contribution in [1.29, 1.82) is 0 Å². The monoisotopic (exact) mass is 206 g/mol. The molecule has 0 fully saturated rings. The fourth-order valence-electron chi connectivity index (χ4n) is 2.33. The second-order valence-corrected chi connectivity index (χ2v) is 4.80. The van der Waals surface area contributed by atoms with Gasteiger partial charge in [-0.15, -0.1) is 0 Å². The van der Waals surface area contributed by atoms with E-state index in [1.165, 1.54) is 11.1 Å². The summed E-state index contributed by atoms with van der Waals surface area (Å²) in [6.45, 7) is 4.18. The lowest BCUT2D eigenvalue weighted by Crippen LogP contribution is -2.38. The van der Waals surface area contributed by atoms with Crippen LogP contribution in [-0.4, -0.2) is 18.3 Å². The van der Waals surface area contributed by atoms with E-state index in [1.807, 2.05) is 6.07 Å². The third kappa shape index (κ3) is 1.63. The van der Waals surface area contributed by atoms with Crippen molar-refractivity contribution < 1.29 is 9.84 Å². The molecule has 15 heavy (non-hydrogen) atoms. The molecule has 1 aromatic rings. The summed E-state index contributed by atoms with van der Waals surface area (Å²) in [4.78, 5) is 0. The molecule has 0 aliphatic heterocycles. The minimum Gasteiger partial charge on any atom is -0.497 e. The van der Waals surface area contributed by atoms with E-state index in [1.54, 1.807) is 7.11 Å². The molecule has 1 unspecified atom stereocenters. The van der Waals surface area contributed by atoms with Crippen molar-refractivity contribution in [3.8, 4) is 5.75 Å². The van der Waals surface area contributed by atoms with E-state index in [4.69, 9.17) is 4.74 Å². The second kappa shape index (κ2) is 3.53. The molecule has 2 nitrogen and oxygen atoms in total. The lowest BCUT2D eigenvalue weighted by molar-refractivity contribution is 0.0829. The van der Waals surface area contributed by atoms with Crippen LogP contribution in [0.4, 0.5) is 0 Å². The Balaban J connectivity index is 2.51. The summed E-state index contributed by atoms with van der Waals surface area (Å²) in [5.74, 6) is 0.871. The van der Waals surface area contributed by atoms with Gasteiger partial charge in [-0.2, -0.15) is 0 Å². The number of aliphatic hydroxyl groups excluding tert-OH is 1. The maximum absolute atomic E-state index is 10.0. The zero-order valence-corrected chi connectivity index (χ0v) is 9.58. The van der Waals surface area contributed by atoms with Gasteiger partial charge in [0.1, 0.15) is 5.75 Å². The van der Waals surface area contributed by atoms with Gasteiger partial charge in [-0.25, -0.2) is 0 Å². The summed E-state index contributed by atoms with van der Waals surface area (Å²) in [5.41, 5.74) is 2.40. The van der Waals surface area contributed by atoms with Gasteiger partial charge >= 0.3 is 0 Å². The summed E-state index contributed by atoms with van der Waals surface area (Å²) in [5, 5.41) is 10.0. The smallest absolute Gasteiger partial charge is 0.119 e. The van der Waals surface area contributed by atoms with Gasteiger partial charge in [0.15, 0.2) is 0 Å². The zero-order valence-electron chi connectivity index (χ0n) is 9.58. The minimum atomic E-state index is -0.253. The van der Waals surface area contributed by atoms with Crippen LogP contribution in [-0.2, 0) is 11.8 Å². The van der Waals surface area contributed by atoms with E-state index >= 15 is 0 Å². The highest BCUT2D eigenvalue weighted by Gasteiger charge is 2.35. The fourth-order valence-corrected chi connectivity index (χ4v) is 2.33. The third-order valence-corrected chi connectivity index (χ3v) is 3.53. The maximum Gasteiger partial charge on any atom is 0.119 e. The quantitative estimate of drug-likeness (QED) is 0.764. The molecule has 1 aliphatic carbocycles. The van der Waals surface area contributed by atoms with Gasteiger partial charge in [-0.1, -0.05) is 19.9 Å². The summed E-state index contributed by atoms with van der Waals surface area (Å²) in [7, 11) is 1.67. The number of benzene rings is 1. The van der Waals surface area contributed by atoms with Crippen LogP contribution in [0.5, 0.6) is 5.75 Å². The van der Waals surface area contributed by atoms with Crippen LogP contribution in [0.1, 0.15) is 31.4 Å². The second-order valence-electron chi connectivity index (χ2n) is 4.80. The maximum atomic E-state index is 10.0. The summed E-state index contributed by atoms with van der Waals surface area (Å²) in [6.07, 6.45) is 1.56. The first-order chi connectivity index (χ1) is 7.05. The Labute approximate surface area is 90.9 Å². The van der Waals surface area contributed by atoms with Crippen LogP contribution >= 0.6 is 0 Å². The van der Waals surface area contributed by atoms with Crippen LogP contribution in [0.3, 0.4) is 0 Å². The van der Waals surface area contributed by atoms with Gasteiger partial charge in [-0.05, 0) is 36.1 Å². The predicted octanol–water partition coefficient (Wildman–Crippen LogP) is 2.28. The van der Waals surface area contributed by atoms with Gasteiger partial charge in [0.25, 0.3) is 0 Å². The molecule has 0 saturated carbocycles. The van der Waals surface area contributed by atoms with Gasteiger partial charge in [0.05, 0.1) is 13.2 Å². The molecule has 0 heterocycles. The van der Waals surface area contributed by atoms with Crippen LogP contribution in [0.2, 0.25) is 0 Å². The van der Waals surface area contributed by atoms with Gasteiger partial charge < -0.3 is 9.84 Å². The third-order valence-electron chi connectivity index (χ3n) is 3.53. The first kappa shape index (κ1) is 10.5. The Kier molecular flexibility index (Phi) is 2.47. The number of hydrogen-bond acceptors (Lipinski definition) is 2. The van der Waals surface area contributed by atoms with E-state index in [0.29, 0.717) is 0 Å². The molecule has 0 saturated heterocycles. The summed E-state index contributed by atoms with van der Waals surface area (Å²) >= 11 is 0. The summed E-state index contributed by atoms with van der Waals surface area (Å²) in [6, 6.07) is 6.16. The predicted molar refractivity (Wildman–Crippen MR) is 60.3 cm³/mol. The van der Waals surface area contributed by atoms with E-state index in [9.17, 15) is 5.11 Å². The van der Waals surface area contributed by atoms with Crippen molar-refractivity contribution in [1.82, 2.24) is 0 Å². The first-order valence-corrected chi connectivity index (χ1v) is 5.41.